The minimum atomic E-state index is -0.512. The quantitative estimate of drug-likeness (QED) is 0.496. The number of nitrogens with two attached hydrogens (primary N) is 1. The van der Waals surface area contributed by atoms with Gasteiger partial charge in [-0.25, -0.2) is 0 Å². The number of nitro benzene ring substituents is 1. The lowest BCUT2D eigenvalue weighted by atomic mass is 9.86. The third kappa shape index (κ3) is 3.30. The molecular formula is C11H14ClN3O2S. The molecule has 0 saturated carbocycles. The number of hydrogen-bond donors (Lipinski definition) is 2. The topological polar surface area (TPSA) is 81.2 Å². The van der Waals surface area contributed by atoms with Crippen molar-refractivity contribution in [2.45, 2.75) is 26.2 Å². The van der Waals surface area contributed by atoms with Crippen molar-refractivity contribution >= 4 is 40.3 Å². The number of halogens is 1. The van der Waals surface area contributed by atoms with E-state index in [0.717, 1.165) is 5.56 Å². The molecule has 0 aliphatic rings. The van der Waals surface area contributed by atoms with Crippen LogP contribution in [0.4, 0.5) is 11.4 Å². The number of anilines is 1. The molecule has 0 atom stereocenters. The molecule has 0 radical (unpaired) electrons. The predicted molar refractivity (Wildman–Crippen MR) is 77.2 cm³/mol. The Morgan fingerprint density at radius 1 is 1.50 bits per heavy atom. The van der Waals surface area contributed by atoms with Crippen LogP contribution in [0.15, 0.2) is 12.1 Å². The van der Waals surface area contributed by atoms with E-state index >= 15 is 0 Å². The molecule has 0 aliphatic carbocycles. The second kappa shape index (κ2) is 5.07. The summed E-state index contributed by atoms with van der Waals surface area (Å²) in [6.45, 7) is 5.84. The molecule has 0 aliphatic heterocycles. The summed E-state index contributed by atoms with van der Waals surface area (Å²) in [5, 5.41) is 13.8. The first-order valence-corrected chi connectivity index (χ1v) is 5.96. The van der Waals surface area contributed by atoms with Gasteiger partial charge in [0.15, 0.2) is 5.11 Å². The van der Waals surface area contributed by atoms with E-state index in [2.05, 4.69) is 17.5 Å². The van der Waals surface area contributed by atoms with Crippen LogP contribution in [0.1, 0.15) is 26.3 Å². The maximum Gasteiger partial charge on any atom is 0.294 e. The van der Waals surface area contributed by atoms with E-state index in [1.807, 2.05) is 20.8 Å². The van der Waals surface area contributed by atoms with Crippen molar-refractivity contribution in [3.63, 3.8) is 0 Å². The molecule has 1 rings (SSSR count). The SMILES string of the molecule is CC(C)(C)c1cc(Cl)c(NC(N)=S)c([N+](=O)[O-])c1. The summed E-state index contributed by atoms with van der Waals surface area (Å²) in [4.78, 5) is 10.5. The third-order valence-electron chi connectivity index (χ3n) is 2.38. The Hall–Kier alpha value is -1.40. The van der Waals surface area contributed by atoms with Crippen molar-refractivity contribution in [2.24, 2.45) is 5.73 Å². The molecule has 3 N–H and O–H groups in total. The summed E-state index contributed by atoms with van der Waals surface area (Å²) in [7, 11) is 0. The molecule has 0 amide bonds. The highest BCUT2D eigenvalue weighted by molar-refractivity contribution is 7.80. The normalized spacial score (nSPS) is 11.1. The summed E-state index contributed by atoms with van der Waals surface area (Å²) in [6, 6.07) is 3.15. The molecule has 0 saturated heterocycles. The molecule has 0 aromatic heterocycles. The van der Waals surface area contributed by atoms with E-state index in [4.69, 9.17) is 17.3 Å². The van der Waals surface area contributed by atoms with Gasteiger partial charge in [-0.05, 0) is 29.3 Å². The maximum atomic E-state index is 11.1. The van der Waals surface area contributed by atoms with Gasteiger partial charge in [-0.15, -0.1) is 0 Å². The standard InChI is InChI=1S/C11H14ClN3O2S/c1-11(2,3)6-4-7(12)9(14-10(13)18)8(5-6)15(16)17/h4-5H,1-3H3,(H3,13,14,18). The molecule has 18 heavy (non-hydrogen) atoms. The summed E-state index contributed by atoms with van der Waals surface area (Å²) in [5.74, 6) is 0. The van der Waals surface area contributed by atoms with E-state index in [-0.39, 0.29) is 26.9 Å². The molecule has 98 valence electrons. The molecule has 0 spiro atoms. The van der Waals surface area contributed by atoms with Crippen LogP contribution < -0.4 is 11.1 Å². The largest absolute Gasteiger partial charge is 0.376 e. The van der Waals surface area contributed by atoms with Gasteiger partial charge in [-0.3, -0.25) is 10.1 Å². The molecule has 1 aromatic rings. The van der Waals surface area contributed by atoms with Crippen LogP contribution in [-0.4, -0.2) is 10.0 Å². The smallest absolute Gasteiger partial charge is 0.294 e. The van der Waals surface area contributed by atoms with E-state index < -0.39 is 4.92 Å². The Kier molecular flexibility index (Phi) is 4.13. The van der Waals surface area contributed by atoms with Gasteiger partial charge in [-0.2, -0.15) is 0 Å². The summed E-state index contributed by atoms with van der Waals surface area (Å²) < 4.78 is 0. The average Bonchev–Trinajstić information content (AvgIpc) is 2.17. The van der Waals surface area contributed by atoms with Crippen LogP contribution in [0.2, 0.25) is 5.02 Å². The minimum absolute atomic E-state index is 0.0662. The van der Waals surface area contributed by atoms with Crippen molar-refractivity contribution in [3.05, 3.63) is 32.8 Å². The van der Waals surface area contributed by atoms with Crippen molar-refractivity contribution in [2.75, 3.05) is 5.32 Å². The van der Waals surface area contributed by atoms with Gasteiger partial charge in [0.25, 0.3) is 5.69 Å². The number of rotatable bonds is 2. The summed E-state index contributed by atoms with van der Waals surface area (Å²) in [6.07, 6.45) is 0. The van der Waals surface area contributed by atoms with Crippen molar-refractivity contribution in [1.29, 1.82) is 0 Å². The molecule has 0 bridgehead atoms. The van der Waals surface area contributed by atoms with Crippen molar-refractivity contribution in [1.82, 2.24) is 0 Å². The molecular weight excluding hydrogens is 274 g/mol. The first-order valence-electron chi connectivity index (χ1n) is 5.18. The van der Waals surface area contributed by atoms with Gasteiger partial charge in [0.05, 0.1) is 9.95 Å². The highest BCUT2D eigenvalue weighted by Gasteiger charge is 2.24. The van der Waals surface area contributed by atoms with Gasteiger partial charge in [0, 0.05) is 6.07 Å². The number of nitrogens with zero attached hydrogens (tertiary/aromatic N) is 1. The molecule has 0 heterocycles. The third-order valence-corrected chi connectivity index (χ3v) is 2.78. The lowest BCUT2D eigenvalue weighted by molar-refractivity contribution is -0.384. The lowest BCUT2D eigenvalue weighted by Crippen LogP contribution is -2.20. The zero-order valence-corrected chi connectivity index (χ0v) is 11.9. The molecule has 5 nitrogen and oxygen atoms in total. The Labute approximate surface area is 115 Å². The van der Waals surface area contributed by atoms with E-state index in [1.165, 1.54) is 6.07 Å². The highest BCUT2D eigenvalue weighted by Crippen LogP contribution is 2.37. The van der Waals surface area contributed by atoms with Crippen LogP contribution >= 0.6 is 23.8 Å². The number of benzene rings is 1. The predicted octanol–water partition coefficient (Wildman–Crippen LogP) is 3.20. The van der Waals surface area contributed by atoms with Gasteiger partial charge in [0.1, 0.15) is 5.69 Å². The van der Waals surface area contributed by atoms with Gasteiger partial charge in [0.2, 0.25) is 0 Å². The lowest BCUT2D eigenvalue weighted by Gasteiger charge is -2.20. The van der Waals surface area contributed by atoms with E-state index in [1.54, 1.807) is 6.07 Å². The number of thiocarbonyl (C=S) groups is 1. The van der Waals surface area contributed by atoms with E-state index in [0.29, 0.717) is 0 Å². The first-order chi connectivity index (χ1) is 8.12. The van der Waals surface area contributed by atoms with Crippen LogP contribution in [-0.2, 0) is 5.41 Å². The van der Waals surface area contributed by atoms with E-state index in [9.17, 15) is 10.1 Å². The number of hydrogen-bond acceptors (Lipinski definition) is 3. The fourth-order valence-electron chi connectivity index (χ4n) is 1.42. The van der Waals surface area contributed by atoms with Gasteiger partial charge >= 0.3 is 0 Å². The van der Waals surface area contributed by atoms with Crippen molar-refractivity contribution in [3.8, 4) is 0 Å². The fraction of sp³-hybridized carbons (Fsp3) is 0.364. The summed E-state index contributed by atoms with van der Waals surface area (Å²) >= 11 is 10.7. The maximum absolute atomic E-state index is 11.1. The average molecular weight is 288 g/mol. The molecule has 7 heteroatoms. The van der Waals surface area contributed by atoms with Gasteiger partial charge < -0.3 is 11.1 Å². The molecule has 0 unspecified atom stereocenters. The summed E-state index contributed by atoms with van der Waals surface area (Å²) in [5.41, 5.74) is 5.84. The Balaban J connectivity index is 3.45. The highest BCUT2D eigenvalue weighted by atomic mass is 35.5. The zero-order chi connectivity index (χ0) is 14.1. The van der Waals surface area contributed by atoms with Crippen LogP contribution in [0.3, 0.4) is 0 Å². The van der Waals surface area contributed by atoms with Gasteiger partial charge in [-0.1, -0.05) is 32.4 Å². The fourth-order valence-corrected chi connectivity index (χ4v) is 1.78. The van der Waals surface area contributed by atoms with Crippen LogP contribution in [0, 0.1) is 10.1 Å². The zero-order valence-electron chi connectivity index (χ0n) is 10.3. The Bertz CT molecular complexity index is 512. The molecule has 1 aromatic carbocycles. The second-order valence-corrected chi connectivity index (χ2v) is 5.70. The first kappa shape index (κ1) is 14.7. The number of nitro groups is 1. The van der Waals surface area contributed by atoms with Crippen LogP contribution in [0.25, 0.3) is 0 Å². The molecule has 0 fully saturated rings. The Morgan fingerprint density at radius 2 is 2.06 bits per heavy atom. The van der Waals surface area contributed by atoms with Crippen molar-refractivity contribution < 1.29 is 4.92 Å². The Morgan fingerprint density at radius 3 is 2.44 bits per heavy atom. The second-order valence-electron chi connectivity index (χ2n) is 4.85. The minimum Gasteiger partial charge on any atom is -0.376 e. The monoisotopic (exact) mass is 287 g/mol. The van der Waals surface area contributed by atoms with Crippen LogP contribution in [0.5, 0.6) is 0 Å². The number of nitrogens with one attached hydrogen (secondary N) is 1.